The van der Waals surface area contributed by atoms with Crippen molar-refractivity contribution >= 4 is 17.7 Å². The fourth-order valence-corrected chi connectivity index (χ4v) is 5.27. The highest BCUT2D eigenvalue weighted by atomic mass is 16.5. The van der Waals surface area contributed by atoms with Crippen molar-refractivity contribution < 1.29 is 19.6 Å². The predicted molar refractivity (Wildman–Crippen MR) is 114 cm³/mol. The van der Waals surface area contributed by atoms with Gasteiger partial charge in [-0.2, -0.15) is 0 Å². The van der Waals surface area contributed by atoms with Crippen molar-refractivity contribution in [3.63, 3.8) is 0 Å². The van der Waals surface area contributed by atoms with E-state index in [4.69, 9.17) is 0 Å². The number of nitrogens with zero attached hydrogens (tertiary/aromatic N) is 2. The van der Waals surface area contributed by atoms with Gasteiger partial charge in [0.15, 0.2) is 0 Å². The summed E-state index contributed by atoms with van der Waals surface area (Å²) in [5, 5.41) is 12.5. The van der Waals surface area contributed by atoms with Crippen LogP contribution >= 0.6 is 0 Å². The van der Waals surface area contributed by atoms with Crippen molar-refractivity contribution in [2.45, 2.75) is 44.1 Å². The Bertz CT molecular complexity index is 796. The molecule has 3 heterocycles. The number of hydrogen-bond acceptors (Lipinski definition) is 5. The van der Waals surface area contributed by atoms with Crippen LogP contribution in [0.3, 0.4) is 0 Å². The molecule has 0 spiro atoms. The minimum atomic E-state index is -0.696. The van der Waals surface area contributed by atoms with Crippen LogP contribution in [0.25, 0.3) is 0 Å². The number of benzene rings is 1. The molecule has 31 heavy (non-hydrogen) atoms. The maximum Gasteiger partial charge on any atom is 0.248 e. The van der Waals surface area contributed by atoms with Gasteiger partial charge < -0.3 is 15.1 Å². The quantitative estimate of drug-likeness (QED) is 0.482. The van der Waals surface area contributed by atoms with E-state index >= 15 is 0 Å². The Kier molecular flexibility index (Phi) is 6.87. The zero-order valence-corrected chi connectivity index (χ0v) is 17.8. The van der Waals surface area contributed by atoms with Gasteiger partial charge in [0.1, 0.15) is 0 Å². The van der Waals surface area contributed by atoms with E-state index in [9.17, 15) is 19.6 Å². The molecule has 8 nitrogen and oxygen atoms in total. The van der Waals surface area contributed by atoms with Crippen LogP contribution < -0.4 is 10.8 Å². The van der Waals surface area contributed by atoms with Crippen molar-refractivity contribution in [2.75, 3.05) is 32.7 Å². The van der Waals surface area contributed by atoms with Crippen LogP contribution in [0.5, 0.6) is 0 Å². The lowest BCUT2D eigenvalue weighted by Gasteiger charge is -2.37. The standard InChI is InChI=1S/C23H32N4O4/c28-20(26-9-4-5-10-26)13-16-12-19(22(29)25-31)21(24-14-16)23(30)27-11-8-18(15-27)17-6-2-1-3-7-17/h1-3,6-7,16,18-19,21,24,31H,4-5,8-15H2,(H,25,29)/t16?,18-,19?,21?/m0/s1. The van der Waals surface area contributed by atoms with Gasteiger partial charge in [-0.05, 0) is 43.7 Å². The zero-order valence-electron chi connectivity index (χ0n) is 17.8. The highest BCUT2D eigenvalue weighted by molar-refractivity contribution is 5.90. The third-order valence-corrected chi connectivity index (χ3v) is 7.02. The van der Waals surface area contributed by atoms with Crippen LogP contribution in [-0.2, 0) is 14.4 Å². The van der Waals surface area contributed by atoms with E-state index in [2.05, 4.69) is 17.4 Å². The fraction of sp³-hybridized carbons (Fsp3) is 0.609. The van der Waals surface area contributed by atoms with Crippen LogP contribution in [0.2, 0.25) is 0 Å². The van der Waals surface area contributed by atoms with Gasteiger partial charge in [0.25, 0.3) is 0 Å². The molecule has 8 heteroatoms. The molecule has 0 bridgehead atoms. The Hall–Kier alpha value is -2.45. The number of hydroxylamine groups is 1. The molecular weight excluding hydrogens is 396 g/mol. The summed E-state index contributed by atoms with van der Waals surface area (Å²) in [6.45, 7) is 3.41. The van der Waals surface area contributed by atoms with Crippen molar-refractivity contribution in [1.82, 2.24) is 20.6 Å². The first kappa shape index (κ1) is 21.8. The van der Waals surface area contributed by atoms with E-state index in [1.54, 1.807) is 5.48 Å². The van der Waals surface area contributed by atoms with Crippen molar-refractivity contribution in [3.8, 4) is 0 Å². The highest BCUT2D eigenvalue weighted by Crippen LogP contribution is 2.31. The molecule has 0 radical (unpaired) electrons. The summed E-state index contributed by atoms with van der Waals surface area (Å²) in [4.78, 5) is 41.9. The van der Waals surface area contributed by atoms with E-state index in [1.807, 2.05) is 28.0 Å². The molecule has 0 saturated carbocycles. The molecule has 3 amide bonds. The first-order chi connectivity index (χ1) is 15.1. The lowest BCUT2D eigenvalue weighted by Crippen LogP contribution is -2.58. The van der Waals surface area contributed by atoms with Crippen molar-refractivity contribution in [1.29, 1.82) is 0 Å². The van der Waals surface area contributed by atoms with Gasteiger partial charge in [0, 0.05) is 38.5 Å². The van der Waals surface area contributed by atoms with Crippen LogP contribution in [0.4, 0.5) is 0 Å². The maximum atomic E-state index is 13.3. The predicted octanol–water partition coefficient (Wildman–Crippen LogP) is 1.11. The SMILES string of the molecule is O=C(NO)C1CC(CC(=O)N2CCCC2)CNC1C(=O)N1CC[C@H](c2ccccc2)C1. The Morgan fingerprint density at radius 1 is 1.06 bits per heavy atom. The smallest absolute Gasteiger partial charge is 0.248 e. The third kappa shape index (κ3) is 4.91. The average molecular weight is 429 g/mol. The Labute approximate surface area is 182 Å². The molecular formula is C23H32N4O4. The second-order valence-electron chi connectivity index (χ2n) is 9.04. The first-order valence-electron chi connectivity index (χ1n) is 11.4. The van der Waals surface area contributed by atoms with Gasteiger partial charge in [-0.3, -0.25) is 19.6 Å². The van der Waals surface area contributed by atoms with E-state index in [-0.39, 0.29) is 17.7 Å². The van der Waals surface area contributed by atoms with E-state index in [0.717, 1.165) is 32.4 Å². The molecule has 3 fully saturated rings. The maximum absolute atomic E-state index is 13.3. The number of rotatable bonds is 5. The van der Waals surface area contributed by atoms with Gasteiger partial charge in [-0.1, -0.05) is 30.3 Å². The number of hydrogen-bond donors (Lipinski definition) is 3. The molecule has 4 rings (SSSR count). The number of carbonyl (C=O) groups is 3. The summed E-state index contributed by atoms with van der Waals surface area (Å²) in [5.41, 5.74) is 2.95. The van der Waals surface area contributed by atoms with E-state index < -0.39 is 17.9 Å². The normalized spacial score (nSPS) is 28.5. The van der Waals surface area contributed by atoms with Gasteiger partial charge >= 0.3 is 0 Å². The van der Waals surface area contributed by atoms with Crippen LogP contribution in [0.1, 0.15) is 43.6 Å². The summed E-state index contributed by atoms with van der Waals surface area (Å²) < 4.78 is 0. The van der Waals surface area contributed by atoms with Gasteiger partial charge in [0.05, 0.1) is 12.0 Å². The van der Waals surface area contributed by atoms with Crippen molar-refractivity contribution in [3.05, 3.63) is 35.9 Å². The summed E-state index contributed by atoms with van der Waals surface area (Å²) >= 11 is 0. The molecule has 3 aliphatic heterocycles. The molecule has 3 unspecified atom stereocenters. The number of nitrogens with one attached hydrogen (secondary N) is 2. The second-order valence-corrected chi connectivity index (χ2v) is 9.04. The largest absolute Gasteiger partial charge is 0.343 e. The highest BCUT2D eigenvalue weighted by Gasteiger charge is 2.43. The van der Waals surface area contributed by atoms with Crippen molar-refractivity contribution in [2.24, 2.45) is 11.8 Å². The number of carbonyl (C=O) groups excluding carboxylic acids is 3. The molecule has 0 aromatic heterocycles. The molecule has 3 aliphatic rings. The van der Waals surface area contributed by atoms with Crippen LogP contribution in [0.15, 0.2) is 30.3 Å². The summed E-state index contributed by atoms with van der Waals surface area (Å²) in [6, 6.07) is 9.49. The lowest BCUT2D eigenvalue weighted by atomic mass is 9.81. The summed E-state index contributed by atoms with van der Waals surface area (Å²) in [5.74, 6) is -0.986. The number of piperidine rings is 1. The Morgan fingerprint density at radius 2 is 1.81 bits per heavy atom. The first-order valence-corrected chi connectivity index (χ1v) is 11.4. The van der Waals surface area contributed by atoms with Crippen LogP contribution in [-0.4, -0.2) is 71.5 Å². The fourth-order valence-electron chi connectivity index (χ4n) is 5.27. The van der Waals surface area contributed by atoms with Gasteiger partial charge in [-0.25, -0.2) is 5.48 Å². The molecule has 3 N–H and O–H groups in total. The monoisotopic (exact) mass is 428 g/mol. The van der Waals surface area contributed by atoms with Gasteiger partial charge in [0.2, 0.25) is 17.7 Å². The molecule has 3 saturated heterocycles. The molecule has 0 aliphatic carbocycles. The third-order valence-electron chi connectivity index (χ3n) is 7.02. The van der Waals surface area contributed by atoms with E-state index in [0.29, 0.717) is 38.4 Å². The summed E-state index contributed by atoms with van der Waals surface area (Å²) in [7, 11) is 0. The molecule has 4 atom stereocenters. The Morgan fingerprint density at radius 3 is 2.52 bits per heavy atom. The topological polar surface area (TPSA) is 102 Å². The average Bonchev–Trinajstić information content (AvgIpc) is 3.51. The molecule has 168 valence electrons. The molecule has 1 aromatic rings. The Balaban J connectivity index is 1.38. The number of likely N-dealkylation sites (tertiary alicyclic amines) is 2. The second kappa shape index (κ2) is 9.78. The molecule has 1 aromatic carbocycles. The summed E-state index contributed by atoms with van der Waals surface area (Å²) in [6.07, 6.45) is 3.75. The minimum absolute atomic E-state index is 0.0323. The zero-order chi connectivity index (χ0) is 21.8. The van der Waals surface area contributed by atoms with Crippen LogP contribution in [0, 0.1) is 11.8 Å². The lowest BCUT2D eigenvalue weighted by molar-refractivity contribution is -0.144. The number of amides is 3. The van der Waals surface area contributed by atoms with Gasteiger partial charge in [-0.15, -0.1) is 0 Å². The minimum Gasteiger partial charge on any atom is -0.343 e. The van der Waals surface area contributed by atoms with E-state index in [1.165, 1.54) is 5.56 Å².